The summed E-state index contributed by atoms with van der Waals surface area (Å²) in [5, 5.41) is 9.73. The molecule has 0 aromatic heterocycles. The summed E-state index contributed by atoms with van der Waals surface area (Å²) in [6.07, 6.45) is 85.4. The fourth-order valence-electron chi connectivity index (χ4n) is 8.45. The van der Waals surface area contributed by atoms with Crippen molar-refractivity contribution in [2.75, 3.05) is 47.5 Å². The van der Waals surface area contributed by atoms with Gasteiger partial charge >= 0.3 is 17.9 Å². The van der Waals surface area contributed by atoms with Crippen LogP contribution in [0, 0.1) is 0 Å². The Labute approximate surface area is 497 Å². The number of unbranched alkanes of at least 4 members (excludes halogenated alkanes) is 21. The first-order valence-electron chi connectivity index (χ1n) is 32.3. The van der Waals surface area contributed by atoms with Crippen molar-refractivity contribution in [2.45, 2.75) is 257 Å². The predicted octanol–water partition coefficient (Wildman–Crippen LogP) is 19.8. The van der Waals surface area contributed by atoms with Gasteiger partial charge in [0.1, 0.15) is 13.2 Å². The van der Waals surface area contributed by atoms with Crippen molar-refractivity contribution in [3.63, 3.8) is 0 Å². The van der Waals surface area contributed by atoms with Crippen LogP contribution >= 0.6 is 0 Å². The van der Waals surface area contributed by atoms with Crippen molar-refractivity contribution in [1.82, 2.24) is 0 Å². The molecule has 0 rings (SSSR count). The van der Waals surface area contributed by atoms with Crippen LogP contribution in [0.1, 0.15) is 245 Å². The molecule has 0 fully saturated rings. The second-order valence-electron chi connectivity index (χ2n) is 22.3. The number of carboxylic acids is 1. The summed E-state index contributed by atoms with van der Waals surface area (Å²) in [6.45, 7) is 4.73. The minimum absolute atomic E-state index is 0.178. The van der Waals surface area contributed by atoms with Gasteiger partial charge in [0.15, 0.2) is 6.10 Å². The highest BCUT2D eigenvalue weighted by atomic mass is 16.7. The molecule has 0 aliphatic rings. The molecular formula is C72H120NO8+. The van der Waals surface area contributed by atoms with E-state index in [-0.39, 0.29) is 38.6 Å². The highest BCUT2D eigenvalue weighted by Crippen LogP contribution is 2.15. The number of likely N-dealkylation sites (N-methyl/N-ethyl adjacent to an activating group) is 1. The third kappa shape index (κ3) is 62.9. The highest BCUT2D eigenvalue weighted by molar-refractivity contribution is 5.71. The summed E-state index contributed by atoms with van der Waals surface area (Å²) in [7, 11) is 5.96. The predicted molar refractivity (Wildman–Crippen MR) is 345 cm³/mol. The number of nitrogens with zero attached hydrogens (tertiary/aromatic N) is 1. The van der Waals surface area contributed by atoms with E-state index in [1.54, 1.807) is 0 Å². The molecule has 460 valence electrons. The van der Waals surface area contributed by atoms with Crippen LogP contribution in [0.4, 0.5) is 0 Å². The zero-order valence-corrected chi connectivity index (χ0v) is 52.4. The van der Waals surface area contributed by atoms with E-state index in [4.69, 9.17) is 18.9 Å². The number of hydrogen-bond acceptors (Lipinski definition) is 7. The van der Waals surface area contributed by atoms with E-state index in [1.165, 1.54) is 103 Å². The molecule has 2 unspecified atom stereocenters. The third-order valence-corrected chi connectivity index (χ3v) is 13.4. The minimum atomic E-state index is -1.52. The summed E-state index contributed by atoms with van der Waals surface area (Å²) in [5.74, 6) is -2.04. The van der Waals surface area contributed by atoms with Crippen molar-refractivity contribution in [3.8, 4) is 0 Å². The molecule has 0 radical (unpaired) electrons. The maximum atomic E-state index is 12.9. The Kier molecular flexibility index (Phi) is 58.0. The zero-order chi connectivity index (χ0) is 59.1. The molecule has 9 heteroatoms. The van der Waals surface area contributed by atoms with Crippen molar-refractivity contribution in [2.24, 2.45) is 0 Å². The molecule has 2 atom stereocenters. The van der Waals surface area contributed by atoms with Crippen LogP contribution in [-0.2, 0) is 33.3 Å². The zero-order valence-electron chi connectivity index (χ0n) is 52.4. The average Bonchev–Trinajstić information content (AvgIpc) is 3.44. The lowest BCUT2D eigenvalue weighted by molar-refractivity contribution is -0.870. The van der Waals surface area contributed by atoms with Gasteiger partial charge in [0.05, 0.1) is 34.4 Å². The molecule has 0 aliphatic heterocycles. The fourth-order valence-corrected chi connectivity index (χ4v) is 8.45. The van der Waals surface area contributed by atoms with Crippen LogP contribution in [0.15, 0.2) is 134 Å². The number of esters is 2. The Bertz CT molecular complexity index is 1790. The number of carbonyl (C=O) groups is 3. The number of hydrogen-bond donors (Lipinski definition) is 1. The lowest BCUT2D eigenvalue weighted by atomic mass is 10.1. The van der Waals surface area contributed by atoms with Crippen LogP contribution in [0.25, 0.3) is 0 Å². The second kappa shape index (κ2) is 61.5. The monoisotopic (exact) mass is 1130 g/mol. The lowest BCUT2D eigenvalue weighted by Crippen LogP contribution is -2.40. The standard InChI is InChI=1S/C72H119NO8/c1-6-8-10-12-14-16-18-20-22-24-26-28-29-30-31-32-33-34-35-36-37-38-39-40-41-43-45-47-49-51-53-55-57-59-61-63-70(75)81-68(67-80-72(71(76)77)78-65-64-73(3,4)5)66-79-69(74)62-60-58-56-54-52-50-48-46-44-42-27-25-23-21-19-17-15-13-11-9-7-2/h8,10,14,16,19-22,25-28,30-31,33-34,36-37,39-40,43,45,68,72H,6-7,9,11-13,15,17-18,23-24,29,32,35,38,41-42,44,46-67H2,1-5H3/p+1/b10-8-,16-14-,21-19-,22-20-,27-25-,28-26-,31-30-,34-33-,37-36-,40-39-,45-43-. The Morgan fingerprint density at radius 1 is 0.383 bits per heavy atom. The van der Waals surface area contributed by atoms with Gasteiger partial charge in [-0.1, -0.05) is 250 Å². The largest absolute Gasteiger partial charge is 0.477 e. The van der Waals surface area contributed by atoms with E-state index in [0.717, 1.165) is 109 Å². The van der Waals surface area contributed by atoms with Gasteiger partial charge in [0, 0.05) is 12.8 Å². The minimum Gasteiger partial charge on any atom is -0.477 e. The maximum Gasteiger partial charge on any atom is 0.361 e. The van der Waals surface area contributed by atoms with E-state index in [9.17, 15) is 19.5 Å². The number of aliphatic carboxylic acids is 1. The van der Waals surface area contributed by atoms with Gasteiger partial charge in [-0.3, -0.25) is 9.59 Å². The van der Waals surface area contributed by atoms with E-state index < -0.39 is 24.3 Å². The topological polar surface area (TPSA) is 108 Å². The molecule has 81 heavy (non-hydrogen) atoms. The van der Waals surface area contributed by atoms with Crippen LogP contribution in [-0.4, -0.2) is 87.4 Å². The first kappa shape index (κ1) is 76.4. The Morgan fingerprint density at radius 2 is 0.704 bits per heavy atom. The van der Waals surface area contributed by atoms with Crippen LogP contribution in [0.3, 0.4) is 0 Å². The van der Waals surface area contributed by atoms with E-state index in [0.29, 0.717) is 17.4 Å². The molecule has 0 aliphatic carbocycles. The fraction of sp³-hybridized carbons (Fsp3) is 0.653. The van der Waals surface area contributed by atoms with E-state index in [2.05, 4.69) is 148 Å². The van der Waals surface area contributed by atoms with Gasteiger partial charge in [-0.2, -0.15) is 0 Å². The summed E-state index contributed by atoms with van der Waals surface area (Å²) in [5.41, 5.74) is 0. The van der Waals surface area contributed by atoms with Gasteiger partial charge in [0.2, 0.25) is 0 Å². The molecule has 0 heterocycles. The second-order valence-corrected chi connectivity index (χ2v) is 22.3. The molecule has 0 saturated heterocycles. The van der Waals surface area contributed by atoms with Crippen molar-refractivity contribution < 1.29 is 42.9 Å². The number of ether oxygens (including phenoxy) is 4. The summed E-state index contributed by atoms with van der Waals surface area (Å²) >= 11 is 0. The lowest BCUT2D eigenvalue weighted by Gasteiger charge is -2.25. The number of allylic oxidation sites excluding steroid dienone is 22. The van der Waals surface area contributed by atoms with Crippen molar-refractivity contribution in [3.05, 3.63) is 134 Å². The molecule has 0 amide bonds. The third-order valence-electron chi connectivity index (χ3n) is 13.4. The van der Waals surface area contributed by atoms with Crippen molar-refractivity contribution >= 4 is 17.9 Å². The van der Waals surface area contributed by atoms with Gasteiger partial charge in [-0.05, 0) is 116 Å². The number of rotatable bonds is 58. The van der Waals surface area contributed by atoms with Gasteiger partial charge < -0.3 is 28.5 Å². The first-order chi connectivity index (χ1) is 39.6. The van der Waals surface area contributed by atoms with Crippen LogP contribution in [0.2, 0.25) is 0 Å². The molecule has 0 spiro atoms. The van der Waals surface area contributed by atoms with Gasteiger partial charge in [-0.15, -0.1) is 0 Å². The molecule has 0 aromatic carbocycles. The number of quaternary nitrogens is 1. The molecule has 9 nitrogen and oxygen atoms in total. The Hall–Kier alpha value is -4.57. The average molecular weight is 1130 g/mol. The number of carbonyl (C=O) groups excluding carboxylic acids is 2. The summed E-state index contributed by atoms with van der Waals surface area (Å²) in [4.78, 5) is 37.5. The number of carboxylic acid groups (broad SMARTS) is 1. The smallest absolute Gasteiger partial charge is 0.361 e. The van der Waals surface area contributed by atoms with E-state index >= 15 is 0 Å². The normalized spacial score (nSPS) is 13.6. The summed E-state index contributed by atoms with van der Waals surface area (Å²) < 4.78 is 22.9. The Morgan fingerprint density at radius 3 is 1.05 bits per heavy atom. The van der Waals surface area contributed by atoms with E-state index in [1.807, 2.05) is 21.1 Å². The maximum absolute atomic E-state index is 12.9. The molecule has 1 N–H and O–H groups in total. The van der Waals surface area contributed by atoms with Gasteiger partial charge in [-0.25, -0.2) is 4.79 Å². The van der Waals surface area contributed by atoms with Crippen LogP contribution < -0.4 is 0 Å². The first-order valence-corrected chi connectivity index (χ1v) is 32.3. The molecule has 0 aromatic rings. The quantitative estimate of drug-likeness (QED) is 0.0211. The van der Waals surface area contributed by atoms with Crippen LogP contribution in [0.5, 0.6) is 0 Å². The van der Waals surface area contributed by atoms with Crippen molar-refractivity contribution in [1.29, 1.82) is 0 Å². The Balaban J connectivity index is 4.25. The van der Waals surface area contributed by atoms with Gasteiger partial charge in [0.25, 0.3) is 6.29 Å². The molecular weight excluding hydrogens is 1010 g/mol. The summed E-state index contributed by atoms with van der Waals surface area (Å²) in [6, 6.07) is 0. The molecule has 0 saturated carbocycles. The highest BCUT2D eigenvalue weighted by Gasteiger charge is 2.25. The SMILES string of the molecule is CC/C=C\C/C=C\C/C=C\C/C=C\C/C=C\C/C=C\C/C=C\C/C=C\C/C=C\CCCCCCCCCC(=O)OC(COC(=O)CCCCCCCCCCC/C=C\C/C=C\CCCCCCC)COC(OCC[N+](C)(C)C)C(=O)O. The molecule has 0 bridgehead atoms.